The van der Waals surface area contributed by atoms with E-state index in [1.54, 1.807) is 45.0 Å². The minimum Gasteiger partial charge on any atom is -0.460 e. The molecule has 0 saturated carbocycles. The van der Waals surface area contributed by atoms with Crippen molar-refractivity contribution in [3.63, 3.8) is 0 Å². The summed E-state index contributed by atoms with van der Waals surface area (Å²) >= 11 is 0. The van der Waals surface area contributed by atoms with E-state index in [0.29, 0.717) is 23.2 Å². The average Bonchev–Trinajstić information content (AvgIpc) is 3.51. The van der Waals surface area contributed by atoms with Gasteiger partial charge >= 0.3 is 17.9 Å². The zero-order chi connectivity index (χ0) is 30.7. The summed E-state index contributed by atoms with van der Waals surface area (Å²) in [7, 11) is 0. The molecule has 0 amide bonds. The van der Waals surface area contributed by atoms with E-state index < -0.39 is 29.1 Å². The predicted octanol–water partition coefficient (Wildman–Crippen LogP) is 5.93. The molecule has 0 N–H and O–H groups in total. The molecule has 3 aliphatic heterocycles. The van der Waals surface area contributed by atoms with E-state index in [9.17, 15) is 14.4 Å². The molecule has 0 aliphatic carbocycles. The van der Waals surface area contributed by atoms with Crippen LogP contribution in [0.15, 0.2) is 73.2 Å². The first-order valence-corrected chi connectivity index (χ1v) is 15.5. The summed E-state index contributed by atoms with van der Waals surface area (Å²) in [6.07, 6.45) is 5.96. The van der Waals surface area contributed by atoms with Gasteiger partial charge in [0.05, 0.1) is 38.0 Å². The fraction of sp³-hybridized carbons (Fsp3) is 0.514. The highest BCUT2D eigenvalue weighted by molar-refractivity contribution is 5.86. The minimum atomic E-state index is -1.76. The van der Waals surface area contributed by atoms with Crippen molar-refractivity contribution in [2.75, 3.05) is 13.1 Å². The Labute approximate surface area is 254 Å². The van der Waals surface area contributed by atoms with Crippen LogP contribution in [0.5, 0.6) is 0 Å². The van der Waals surface area contributed by atoms with Crippen molar-refractivity contribution < 1.29 is 37.8 Å². The number of hydrogen-bond acceptors (Lipinski definition) is 7. The Morgan fingerprint density at radius 1 is 0.791 bits per heavy atom. The lowest BCUT2D eigenvalue weighted by molar-refractivity contribution is -0.956. The SMILES string of the molecule is C=C(OC(=O)CCC(=O)OC(C)(C)C)OC(C(=O)OC1CC2CCC(C1)[N+]21CCCC1)(c1ccccc1)c1ccccc1. The van der Waals surface area contributed by atoms with Crippen molar-refractivity contribution >= 4 is 17.9 Å². The van der Waals surface area contributed by atoms with Crippen molar-refractivity contribution in [3.8, 4) is 0 Å². The number of rotatable bonds is 10. The van der Waals surface area contributed by atoms with Crippen molar-refractivity contribution in [1.82, 2.24) is 0 Å². The van der Waals surface area contributed by atoms with Crippen LogP contribution < -0.4 is 0 Å². The summed E-state index contributed by atoms with van der Waals surface area (Å²) in [6.45, 7) is 11.6. The molecular weight excluding hydrogens is 546 g/mol. The number of ether oxygens (including phenoxy) is 4. The van der Waals surface area contributed by atoms with E-state index in [1.165, 1.54) is 43.3 Å². The third-order valence-corrected chi connectivity index (χ3v) is 9.13. The van der Waals surface area contributed by atoms with Gasteiger partial charge in [-0.25, -0.2) is 4.79 Å². The maximum Gasteiger partial charge on any atom is 0.360 e. The van der Waals surface area contributed by atoms with Gasteiger partial charge in [0.2, 0.25) is 0 Å². The quantitative estimate of drug-likeness (QED) is 0.147. The number of carbonyl (C=O) groups excluding carboxylic acids is 3. The van der Waals surface area contributed by atoms with Crippen LogP contribution in [-0.4, -0.2) is 59.3 Å². The highest BCUT2D eigenvalue weighted by Crippen LogP contribution is 2.47. The van der Waals surface area contributed by atoms with Gasteiger partial charge in [-0.15, -0.1) is 0 Å². The monoisotopic (exact) mass is 590 g/mol. The number of nitrogens with zero attached hydrogens (tertiary/aromatic N) is 1. The van der Waals surface area contributed by atoms with E-state index in [0.717, 1.165) is 12.8 Å². The molecule has 8 nitrogen and oxygen atoms in total. The molecule has 2 bridgehead atoms. The number of benzene rings is 2. The first kappa shape index (κ1) is 30.8. The predicted molar refractivity (Wildman–Crippen MR) is 160 cm³/mol. The summed E-state index contributed by atoms with van der Waals surface area (Å²) in [6, 6.07) is 19.2. The van der Waals surface area contributed by atoms with Crippen molar-refractivity contribution in [3.05, 3.63) is 84.3 Å². The molecule has 2 atom stereocenters. The molecule has 1 spiro atoms. The molecule has 0 aromatic heterocycles. The molecule has 3 saturated heterocycles. The molecule has 2 aromatic rings. The smallest absolute Gasteiger partial charge is 0.360 e. The average molecular weight is 591 g/mol. The van der Waals surface area contributed by atoms with Gasteiger partial charge in [0.1, 0.15) is 11.7 Å². The van der Waals surface area contributed by atoms with Gasteiger partial charge in [-0.3, -0.25) is 9.59 Å². The van der Waals surface area contributed by atoms with E-state index in [4.69, 9.17) is 18.9 Å². The van der Waals surface area contributed by atoms with Crippen LogP contribution in [0.25, 0.3) is 0 Å². The topological polar surface area (TPSA) is 88.1 Å². The zero-order valence-corrected chi connectivity index (χ0v) is 25.6. The molecule has 3 heterocycles. The Morgan fingerprint density at radius 2 is 1.30 bits per heavy atom. The lowest BCUT2D eigenvalue weighted by atomic mass is 9.85. The van der Waals surface area contributed by atoms with Crippen LogP contribution >= 0.6 is 0 Å². The summed E-state index contributed by atoms with van der Waals surface area (Å²) < 4.78 is 24.5. The van der Waals surface area contributed by atoms with E-state index in [-0.39, 0.29) is 24.9 Å². The van der Waals surface area contributed by atoms with Crippen LogP contribution in [0.4, 0.5) is 0 Å². The van der Waals surface area contributed by atoms with Crippen molar-refractivity contribution in [2.45, 2.75) is 102 Å². The minimum absolute atomic E-state index is 0.155. The van der Waals surface area contributed by atoms with E-state index in [1.807, 2.05) is 36.4 Å². The molecular formula is C35H44NO7+. The fourth-order valence-electron chi connectivity index (χ4n) is 7.41. The van der Waals surface area contributed by atoms with Crippen LogP contribution in [0.1, 0.15) is 83.3 Å². The van der Waals surface area contributed by atoms with Crippen LogP contribution in [-0.2, 0) is 38.9 Å². The lowest BCUT2D eigenvalue weighted by Crippen LogP contribution is -2.60. The number of quaternary nitrogens is 1. The van der Waals surface area contributed by atoms with Gasteiger partial charge in [-0.1, -0.05) is 60.7 Å². The Kier molecular flexibility index (Phi) is 8.97. The molecule has 5 rings (SSSR count). The van der Waals surface area contributed by atoms with Crippen molar-refractivity contribution in [2.24, 2.45) is 0 Å². The molecule has 3 fully saturated rings. The highest BCUT2D eigenvalue weighted by atomic mass is 16.7. The molecule has 43 heavy (non-hydrogen) atoms. The first-order chi connectivity index (χ1) is 20.5. The fourth-order valence-corrected chi connectivity index (χ4v) is 7.41. The lowest BCUT2D eigenvalue weighted by Gasteiger charge is -2.47. The zero-order valence-electron chi connectivity index (χ0n) is 25.6. The summed E-state index contributed by atoms with van der Waals surface area (Å²) in [5, 5.41) is 0. The Balaban J connectivity index is 1.37. The molecule has 8 heteroatoms. The molecule has 2 aromatic carbocycles. The molecule has 0 radical (unpaired) electrons. The maximum absolute atomic E-state index is 14.5. The van der Waals surface area contributed by atoms with Gasteiger partial charge < -0.3 is 23.4 Å². The Bertz CT molecular complexity index is 1260. The van der Waals surface area contributed by atoms with Crippen LogP contribution in [0.3, 0.4) is 0 Å². The van der Waals surface area contributed by atoms with Crippen LogP contribution in [0, 0.1) is 0 Å². The Morgan fingerprint density at radius 3 is 1.81 bits per heavy atom. The second-order valence-corrected chi connectivity index (χ2v) is 13.1. The maximum atomic E-state index is 14.5. The standard InChI is InChI=1S/C35H44NO7/c1-25(40-31(37)19-20-32(38)43-34(2,3)4)42-35(26-13-7-5-8-14-26,27-15-9-6-10-16-27)33(39)41-30-23-28-17-18-29(24-30)36(28)21-11-12-22-36/h5-10,13-16,28-30H,1,11-12,17-24H2,2-4H3/q+1. The largest absolute Gasteiger partial charge is 0.460 e. The van der Waals surface area contributed by atoms with Crippen molar-refractivity contribution in [1.29, 1.82) is 0 Å². The Hall–Kier alpha value is -3.65. The number of esters is 3. The van der Waals surface area contributed by atoms with Gasteiger partial charge in [-0.2, -0.15) is 0 Å². The molecule has 2 unspecified atom stereocenters. The van der Waals surface area contributed by atoms with Gasteiger partial charge in [0.25, 0.3) is 11.5 Å². The molecule has 3 aliphatic rings. The van der Waals surface area contributed by atoms with Gasteiger partial charge in [0, 0.05) is 49.7 Å². The van der Waals surface area contributed by atoms with Gasteiger partial charge in [0.15, 0.2) is 0 Å². The van der Waals surface area contributed by atoms with Crippen LogP contribution in [0.2, 0.25) is 0 Å². The molecule has 230 valence electrons. The summed E-state index contributed by atoms with van der Waals surface area (Å²) in [5.74, 6) is -2.16. The second-order valence-electron chi connectivity index (χ2n) is 13.1. The second kappa shape index (κ2) is 12.5. The third-order valence-electron chi connectivity index (χ3n) is 9.13. The summed E-state index contributed by atoms with van der Waals surface area (Å²) in [4.78, 5) is 39.3. The first-order valence-electron chi connectivity index (χ1n) is 15.5. The van der Waals surface area contributed by atoms with E-state index in [2.05, 4.69) is 6.58 Å². The number of hydrogen-bond donors (Lipinski definition) is 0. The third kappa shape index (κ3) is 6.64. The summed E-state index contributed by atoms with van der Waals surface area (Å²) in [5.41, 5.74) is -1.37. The number of carbonyl (C=O) groups is 3. The van der Waals surface area contributed by atoms with Gasteiger partial charge in [-0.05, 0) is 27.4 Å². The number of piperidine rings is 1. The highest BCUT2D eigenvalue weighted by Gasteiger charge is 2.57. The normalized spacial score (nSPS) is 22.5. The van der Waals surface area contributed by atoms with E-state index >= 15 is 0 Å².